The van der Waals surface area contributed by atoms with Crippen molar-refractivity contribution >= 4 is 23.2 Å². The maximum atomic E-state index is 13.2. The minimum absolute atomic E-state index is 0.0617. The van der Waals surface area contributed by atoms with Crippen LogP contribution in [-0.4, -0.2) is 16.3 Å². The Bertz CT molecular complexity index is 583. The van der Waals surface area contributed by atoms with Crippen LogP contribution < -0.4 is 0 Å². The molecule has 0 saturated carbocycles. The summed E-state index contributed by atoms with van der Waals surface area (Å²) in [6.07, 6.45) is -3.61. The molecular formula is C12H8Cl2F3NO. The topological polar surface area (TPSA) is 36.0 Å². The van der Waals surface area contributed by atoms with Gasteiger partial charge in [0.05, 0.1) is 15.7 Å². The van der Waals surface area contributed by atoms with Crippen LogP contribution in [0, 0.1) is 0 Å². The van der Waals surface area contributed by atoms with Gasteiger partial charge in [0.2, 0.25) is 5.60 Å². The molecule has 2 rings (SSSR count). The summed E-state index contributed by atoms with van der Waals surface area (Å²) in [4.78, 5) is 2.37. The number of alkyl halides is 3. The number of aromatic nitrogens is 1. The zero-order chi connectivity index (χ0) is 14.3. The number of hydrogen-bond acceptors (Lipinski definition) is 1. The molecule has 2 N–H and O–H groups in total. The van der Waals surface area contributed by atoms with Crippen molar-refractivity contribution in [1.29, 1.82) is 0 Å². The maximum Gasteiger partial charge on any atom is 0.427 e. The van der Waals surface area contributed by atoms with Crippen LogP contribution >= 0.6 is 23.2 Å². The van der Waals surface area contributed by atoms with Gasteiger partial charge in [0.25, 0.3) is 0 Å². The summed E-state index contributed by atoms with van der Waals surface area (Å²) >= 11 is 11.4. The molecule has 0 amide bonds. The average Bonchev–Trinajstić information content (AvgIpc) is 2.84. The van der Waals surface area contributed by atoms with Crippen LogP contribution in [0.2, 0.25) is 10.0 Å². The number of benzene rings is 1. The van der Waals surface area contributed by atoms with Gasteiger partial charge in [-0.2, -0.15) is 13.2 Å². The van der Waals surface area contributed by atoms with Crippen molar-refractivity contribution in [2.24, 2.45) is 0 Å². The van der Waals surface area contributed by atoms with Gasteiger partial charge in [-0.15, -0.1) is 0 Å². The predicted molar refractivity (Wildman–Crippen MR) is 66.3 cm³/mol. The standard InChI is InChI=1S/C12H8Cl2F3NO/c13-8-4-3-7(6-9(8)14)11(19,12(15,16)17)10-2-1-5-18-10/h1-6,18-19H/t11-/m1/s1. The summed E-state index contributed by atoms with van der Waals surface area (Å²) in [6.45, 7) is 0. The van der Waals surface area contributed by atoms with E-state index in [1.165, 1.54) is 18.3 Å². The zero-order valence-corrected chi connectivity index (χ0v) is 10.8. The summed E-state index contributed by atoms with van der Waals surface area (Å²) in [7, 11) is 0. The van der Waals surface area contributed by atoms with E-state index in [0.717, 1.165) is 18.2 Å². The molecule has 0 fully saturated rings. The van der Waals surface area contributed by atoms with Gasteiger partial charge in [-0.05, 0) is 24.3 Å². The molecule has 1 heterocycles. The van der Waals surface area contributed by atoms with Crippen LogP contribution in [-0.2, 0) is 5.60 Å². The fourth-order valence-corrected chi connectivity index (χ4v) is 2.05. The summed E-state index contributed by atoms with van der Waals surface area (Å²) < 4.78 is 39.7. The van der Waals surface area contributed by atoms with Crippen LogP contribution in [0.1, 0.15) is 11.3 Å². The summed E-state index contributed by atoms with van der Waals surface area (Å²) in [5, 5.41) is 10.2. The summed E-state index contributed by atoms with van der Waals surface area (Å²) in [6, 6.07) is 5.80. The minimum atomic E-state index is -4.91. The third-order valence-corrected chi connectivity index (χ3v) is 3.47. The molecule has 1 aromatic carbocycles. The quantitative estimate of drug-likeness (QED) is 0.860. The number of nitrogens with one attached hydrogen (secondary N) is 1. The molecular weight excluding hydrogens is 302 g/mol. The molecule has 1 aromatic heterocycles. The Labute approximate surface area is 116 Å². The molecule has 102 valence electrons. The van der Waals surface area contributed by atoms with Crippen LogP contribution in [0.4, 0.5) is 13.2 Å². The molecule has 1 atom stereocenters. The van der Waals surface area contributed by atoms with Gasteiger partial charge in [0.1, 0.15) is 0 Å². The molecule has 0 aliphatic carbocycles. The second kappa shape index (κ2) is 4.74. The number of hydrogen-bond donors (Lipinski definition) is 2. The Morgan fingerprint density at radius 2 is 1.74 bits per heavy atom. The van der Waals surface area contributed by atoms with E-state index < -0.39 is 23.0 Å². The smallest absolute Gasteiger partial charge is 0.371 e. The Kier molecular flexibility index (Phi) is 3.55. The normalized spacial score (nSPS) is 15.3. The highest BCUT2D eigenvalue weighted by atomic mass is 35.5. The van der Waals surface area contributed by atoms with Gasteiger partial charge < -0.3 is 10.1 Å². The van der Waals surface area contributed by atoms with E-state index in [1.807, 2.05) is 0 Å². The van der Waals surface area contributed by atoms with E-state index in [4.69, 9.17) is 23.2 Å². The van der Waals surface area contributed by atoms with Crippen molar-refractivity contribution in [2.45, 2.75) is 11.8 Å². The lowest BCUT2D eigenvalue weighted by Crippen LogP contribution is -2.43. The van der Waals surface area contributed by atoms with Crippen LogP contribution in [0.3, 0.4) is 0 Å². The Morgan fingerprint density at radius 3 is 2.21 bits per heavy atom. The third-order valence-electron chi connectivity index (χ3n) is 2.74. The lowest BCUT2D eigenvalue weighted by Gasteiger charge is -2.30. The van der Waals surface area contributed by atoms with E-state index in [1.54, 1.807) is 0 Å². The Balaban J connectivity index is 2.65. The van der Waals surface area contributed by atoms with Crippen LogP contribution in [0.25, 0.3) is 0 Å². The summed E-state index contributed by atoms with van der Waals surface area (Å²) in [5.74, 6) is 0. The van der Waals surface area contributed by atoms with E-state index in [-0.39, 0.29) is 10.0 Å². The lowest BCUT2D eigenvalue weighted by atomic mass is 9.90. The monoisotopic (exact) mass is 309 g/mol. The second-order valence-electron chi connectivity index (χ2n) is 3.92. The van der Waals surface area contributed by atoms with Crippen LogP contribution in [0.5, 0.6) is 0 Å². The summed E-state index contributed by atoms with van der Waals surface area (Å²) in [5.41, 5.74) is -3.96. The largest absolute Gasteiger partial charge is 0.427 e. The SMILES string of the molecule is O[C@](c1ccc(Cl)c(Cl)c1)(c1ccc[nH]1)C(F)(F)F. The molecule has 0 unspecified atom stereocenters. The number of H-pyrrole nitrogens is 1. The Hall–Kier alpha value is -1.17. The van der Waals surface area contributed by atoms with Crippen LogP contribution in [0.15, 0.2) is 36.5 Å². The number of halogens is 5. The van der Waals surface area contributed by atoms with E-state index in [2.05, 4.69) is 4.98 Å². The molecule has 0 aliphatic rings. The molecule has 0 saturated heterocycles. The van der Waals surface area contributed by atoms with Gasteiger partial charge in [0, 0.05) is 11.8 Å². The van der Waals surface area contributed by atoms with Gasteiger partial charge in [0.15, 0.2) is 0 Å². The highest BCUT2D eigenvalue weighted by Crippen LogP contribution is 2.44. The average molecular weight is 310 g/mol. The van der Waals surface area contributed by atoms with E-state index in [9.17, 15) is 18.3 Å². The van der Waals surface area contributed by atoms with Gasteiger partial charge in [-0.25, -0.2) is 0 Å². The van der Waals surface area contributed by atoms with Crippen molar-refractivity contribution < 1.29 is 18.3 Å². The van der Waals surface area contributed by atoms with E-state index in [0.29, 0.717) is 0 Å². The van der Waals surface area contributed by atoms with Gasteiger partial charge in [-0.1, -0.05) is 29.3 Å². The maximum absolute atomic E-state index is 13.2. The first kappa shape index (κ1) is 14.2. The molecule has 0 radical (unpaired) electrons. The first-order chi connectivity index (χ1) is 8.76. The zero-order valence-electron chi connectivity index (χ0n) is 9.30. The van der Waals surface area contributed by atoms with Crippen molar-refractivity contribution in [1.82, 2.24) is 4.98 Å². The fraction of sp³-hybridized carbons (Fsp3) is 0.167. The van der Waals surface area contributed by atoms with Crippen molar-refractivity contribution in [3.8, 4) is 0 Å². The number of aliphatic hydroxyl groups is 1. The third kappa shape index (κ3) is 2.33. The highest BCUT2D eigenvalue weighted by Gasteiger charge is 2.57. The molecule has 7 heteroatoms. The molecule has 2 nitrogen and oxygen atoms in total. The molecule has 19 heavy (non-hydrogen) atoms. The minimum Gasteiger partial charge on any atom is -0.371 e. The Morgan fingerprint density at radius 1 is 1.05 bits per heavy atom. The molecule has 0 bridgehead atoms. The van der Waals surface area contributed by atoms with Crippen molar-refractivity contribution in [2.75, 3.05) is 0 Å². The first-order valence-electron chi connectivity index (χ1n) is 5.15. The molecule has 0 spiro atoms. The van der Waals surface area contributed by atoms with Gasteiger partial charge >= 0.3 is 6.18 Å². The molecule has 0 aliphatic heterocycles. The first-order valence-corrected chi connectivity index (χ1v) is 5.91. The van der Waals surface area contributed by atoms with Crippen molar-refractivity contribution in [3.63, 3.8) is 0 Å². The number of rotatable bonds is 2. The van der Waals surface area contributed by atoms with Gasteiger partial charge in [-0.3, -0.25) is 0 Å². The molecule has 2 aromatic rings. The fourth-order valence-electron chi connectivity index (χ4n) is 1.75. The van der Waals surface area contributed by atoms with E-state index >= 15 is 0 Å². The lowest BCUT2D eigenvalue weighted by molar-refractivity contribution is -0.249. The van der Waals surface area contributed by atoms with Crippen molar-refractivity contribution in [3.05, 3.63) is 57.8 Å². The number of aromatic amines is 1. The second-order valence-corrected chi connectivity index (χ2v) is 4.74. The highest BCUT2D eigenvalue weighted by molar-refractivity contribution is 6.42. The predicted octanol–water partition coefficient (Wildman–Crippen LogP) is 4.12.